The molecule has 2 rings (SSSR count). The molecule has 0 saturated heterocycles. The van der Waals surface area contributed by atoms with Crippen LogP contribution in [0.25, 0.3) is 0 Å². The van der Waals surface area contributed by atoms with E-state index in [1.807, 2.05) is 46.8 Å². The van der Waals surface area contributed by atoms with E-state index in [0.29, 0.717) is 16.1 Å². The number of benzene rings is 2. The minimum atomic E-state index is -0.248. The Balaban J connectivity index is 0.00000116. The lowest BCUT2D eigenvalue weighted by Crippen LogP contribution is -2.22. The van der Waals surface area contributed by atoms with Crippen molar-refractivity contribution in [3.05, 3.63) is 64.7 Å². The Hall–Kier alpha value is -1.80. The summed E-state index contributed by atoms with van der Waals surface area (Å²) in [6.45, 7) is 9.96. The average molecular weight is 319 g/mol. The molecular weight excluding hydrogens is 296 g/mol. The Morgan fingerprint density at radius 2 is 1.27 bits per heavy atom. The summed E-state index contributed by atoms with van der Waals surface area (Å²) in [5.74, 6) is 0.731. The van der Waals surface area contributed by atoms with Crippen molar-refractivity contribution < 1.29 is 9.53 Å². The van der Waals surface area contributed by atoms with Crippen molar-refractivity contribution in [1.29, 1.82) is 0 Å². The van der Waals surface area contributed by atoms with E-state index in [9.17, 15) is 4.79 Å². The van der Waals surface area contributed by atoms with Crippen LogP contribution in [0.3, 0.4) is 0 Å². The number of rotatable bonds is 3. The van der Waals surface area contributed by atoms with Gasteiger partial charge in [0, 0.05) is 16.1 Å². The molecule has 2 nitrogen and oxygen atoms in total. The fourth-order valence-corrected chi connectivity index (χ4v) is 1.92. The van der Waals surface area contributed by atoms with Crippen LogP contribution in [-0.4, -0.2) is 11.4 Å². The van der Waals surface area contributed by atoms with E-state index in [4.69, 9.17) is 16.3 Å². The second-order valence-electron chi connectivity index (χ2n) is 5.57. The summed E-state index contributed by atoms with van der Waals surface area (Å²) in [7, 11) is 0. The molecule has 0 heterocycles. The molecule has 22 heavy (non-hydrogen) atoms. The van der Waals surface area contributed by atoms with Crippen LogP contribution >= 0.6 is 11.6 Å². The smallest absolute Gasteiger partial charge is 0.193 e. The van der Waals surface area contributed by atoms with Crippen molar-refractivity contribution in [2.45, 2.75) is 40.2 Å². The number of carbonyl (C=O) groups is 1. The highest BCUT2D eigenvalue weighted by Crippen LogP contribution is 2.20. The summed E-state index contributed by atoms with van der Waals surface area (Å²) in [5.41, 5.74) is 1.01. The fourth-order valence-electron chi connectivity index (χ4n) is 1.80. The fraction of sp³-hybridized carbons (Fsp3) is 0.316. The number of hydrogen-bond acceptors (Lipinski definition) is 2. The van der Waals surface area contributed by atoms with Crippen LogP contribution in [0.4, 0.5) is 0 Å². The predicted molar refractivity (Wildman–Crippen MR) is 93.1 cm³/mol. The minimum Gasteiger partial charge on any atom is -0.488 e. The zero-order valence-electron chi connectivity index (χ0n) is 13.8. The maximum atomic E-state index is 12.3. The Morgan fingerprint density at radius 3 is 1.68 bits per heavy atom. The molecule has 0 saturated carbocycles. The lowest BCUT2D eigenvalue weighted by atomic mass is 10.0. The first kappa shape index (κ1) is 18.2. The van der Waals surface area contributed by atoms with Crippen LogP contribution in [-0.2, 0) is 0 Å². The largest absolute Gasteiger partial charge is 0.488 e. The lowest BCUT2D eigenvalue weighted by Gasteiger charge is -2.21. The third kappa shape index (κ3) is 5.53. The van der Waals surface area contributed by atoms with Gasteiger partial charge in [-0.3, -0.25) is 4.79 Å². The van der Waals surface area contributed by atoms with Crippen LogP contribution in [0.15, 0.2) is 48.5 Å². The highest BCUT2D eigenvalue weighted by Gasteiger charge is 2.13. The van der Waals surface area contributed by atoms with Gasteiger partial charge in [0.15, 0.2) is 5.78 Å². The van der Waals surface area contributed by atoms with Crippen LogP contribution in [0, 0.1) is 0 Å². The van der Waals surface area contributed by atoms with Crippen molar-refractivity contribution in [3.8, 4) is 5.75 Å². The number of ether oxygens (including phenoxy) is 1. The monoisotopic (exact) mass is 318 g/mol. The molecule has 0 aliphatic carbocycles. The van der Waals surface area contributed by atoms with Gasteiger partial charge in [-0.25, -0.2) is 0 Å². The quantitative estimate of drug-likeness (QED) is 0.671. The van der Waals surface area contributed by atoms with E-state index < -0.39 is 0 Å². The molecule has 0 fully saturated rings. The van der Waals surface area contributed by atoms with E-state index in [1.54, 1.807) is 36.4 Å². The van der Waals surface area contributed by atoms with Gasteiger partial charge in [0.25, 0.3) is 0 Å². The summed E-state index contributed by atoms with van der Waals surface area (Å²) < 4.78 is 5.73. The van der Waals surface area contributed by atoms with Crippen molar-refractivity contribution in [2.24, 2.45) is 0 Å². The van der Waals surface area contributed by atoms with Gasteiger partial charge in [-0.1, -0.05) is 25.4 Å². The first-order valence-electron chi connectivity index (χ1n) is 7.44. The summed E-state index contributed by atoms with van der Waals surface area (Å²) in [4.78, 5) is 12.3. The second kappa shape index (κ2) is 8.00. The standard InChI is InChI=1S/C17H17ClO2.C2H6/c1-17(2,3)20-15-10-6-13(7-11-15)16(19)12-4-8-14(18)9-5-12;1-2/h4-11H,1-3H3;1-2H3. The maximum absolute atomic E-state index is 12.3. The molecule has 0 amide bonds. The van der Waals surface area contributed by atoms with Gasteiger partial charge in [-0.15, -0.1) is 0 Å². The van der Waals surface area contributed by atoms with Crippen LogP contribution in [0.1, 0.15) is 50.5 Å². The molecule has 0 aliphatic rings. The van der Waals surface area contributed by atoms with E-state index >= 15 is 0 Å². The van der Waals surface area contributed by atoms with E-state index in [1.165, 1.54) is 0 Å². The average Bonchev–Trinajstić information content (AvgIpc) is 2.48. The van der Waals surface area contributed by atoms with E-state index in [2.05, 4.69) is 0 Å². The number of halogens is 1. The molecule has 0 atom stereocenters. The highest BCUT2D eigenvalue weighted by atomic mass is 35.5. The third-order valence-electron chi connectivity index (χ3n) is 2.65. The number of carbonyl (C=O) groups excluding carboxylic acids is 1. The van der Waals surface area contributed by atoms with Gasteiger partial charge in [-0.05, 0) is 69.3 Å². The van der Waals surface area contributed by atoms with Crippen molar-refractivity contribution in [2.75, 3.05) is 0 Å². The molecule has 0 aromatic heterocycles. The zero-order chi connectivity index (χ0) is 16.8. The predicted octanol–water partition coefficient (Wildman–Crippen LogP) is 5.77. The first-order valence-corrected chi connectivity index (χ1v) is 7.82. The second-order valence-corrected chi connectivity index (χ2v) is 6.01. The van der Waals surface area contributed by atoms with Gasteiger partial charge in [0.05, 0.1) is 0 Å². The SMILES string of the molecule is CC.CC(C)(C)Oc1ccc(C(=O)c2ccc(Cl)cc2)cc1. The molecule has 0 aliphatic heterocycles. The Bertz CT molecular complexity index is 593. The molecule has 2 aromatic rings. The van der Waals surface area contributed by atoms with Gasteiger partial charge >= 0.3 is 0 Å². The summed E-state index contributed by atoms with van der Waals surface area (Å²) in [5, 5.41) is 0.621. The van der Waals surface area contributed by atoms with Crippen molar-refractivity contribution in [1.82, 2.24) is 0 Å². The van der Waals surface area contributed by atoms with Gasteiger partial charge in [0.1, 0.15) is 11.4 Å². The molecule has 118 valence electrons. The van der Waals surface area contributed by atoms with Crippen molar-refractivity contribution in [3.63, 3.8) is 0 Å². The molecule has 2 aromatic carbocycles. The number of ketones is 1. The van der Waals surface area contributed by atoms with Gasteiger partial charge in [-0.2, -0.15) is 0 Å². The molecule has 3 heteroatoms. The van der Waals surface area contributed by atoms with E-state index in [0.717, 1.165) is 5.75 Å². The first-order chi connectivity index (χ1) is 10.3. The van der Waals surface area contributed by atoms with Crippen LogP contribution in [0.2, 0.25) is 5.02 Å². The molecule has 0 bridgehead atoms. The Labute approximate surface area is 138 Å². The normalized spacial score (nSPS) is 10.5. The molecule has 0 radical (unpaired) electrons. The van der Waals surface area contributed by atoms with Crippen LogP contribution in [0.5, 0.6) is 5.75 Å². The zero-order valence-corrected chi connectivity index (χ0v) is 14.6. The molecule has 0 N–H and O–H groups in total. The summed E-state index contributed by atoms with van der Waals surface area (Å²) >= 11 is 5.82. The third-order valence-corrected chi connectivity index (χ3v) is 2.90. The highest BCUT2D eigenvalue weighted by molar-refractivity contribution is 6.30. The Kier molecular flexibility index (Phi) is 6.63. The topological polar surface area (TPSA) is 26.3 Å². The minimum absolute atomic E-state index is 0.0241. The number of hydrogen-bond donors (Lipinski definition) is 0. The maximum Gasteiger partial charge on any atom is 0.193 e. The molecule has 0 spiro atoms. The van der Waals surface area contributed by atoms with Crippen LogP contribution < -0.4 is 4.74 Å². The summed E-state index contributed by atoms with van der Waals surface area (Å²) in [6.07, 6.45) is 0. The van der Waals surface area contributed by atoms with Crippen molar-refractivity contribution >= 4 is 17.4 Å². The van der Waals surface area contributed by atoms with Gasteiger partial charge in [0.2, 0.25) is 0 Å². The Morgan fingerprint density at radius 1 is 0.864 bits per heavy atom. The lowest BCUT2D eigenvalue weighted by molar-refractivity contribution is 0.103. The van der Waals surface area contributed by atoms with Gasteiger partial charge < -0.3 is 4.74 Å². The summed E-state index contributed by atoms with van der Waals surface area (Å²) in [6, 6.07) is 14.1. The van der Waals surface area contributed by atoms with E-state index in [-0.39, 0.29) is 11.4 Å². The molecule has 0 unspecified atom stereocenters. The molecular formula is C19H23ClO2.